The summed E-state index contributed by atoms with van der Waals surface area (Å²) in [4.78, 5) is 0. The van der Waals surface area contributed by atoms with Gasteiger partial charge in [-0.25, -0.2) is 0 Å². The predicted molar refractivity (Wildman–Crippen MR) is 120 cm³/mol. The van der Waals surface area contributed by atoms with Crippen LogP contribution in [0.15, 0.2) is 18.7 Å². The first-order valence-electron chi connectivity index (χ1n) is 11.5. The van der Waals surface area contributed by atoms with Gasteiger partial charge in [0.05, 0.1) is 0 Å². The van der Waals surface area contributed by atoms with Gasteiger partial charge in [0.1, 0.15) is 0 Å². The van der Waals surface area contributed by atoms with Crippen molar-refractivity contribution in [3.63, 3.8) is 0 Å². The molecule has 0 aliphatic carbocycles. The van der Waals surface area contributed by atoms with E-state index in [-0.39, 0.29) is 0 Å². The van der Waals surface area contributed by atoms with Crippen molar-refractivity contribution in [3.05, 3.63) is 41.0 Å². The van der Waals surface area contributed by atoms with Crippen LogP contribution in [0.1, 0.15) is 120 Å². The number of hydrogen-bond donors (Lipinski definition) is 0. The van der Waals surface area contributed by atoms with Gasteiger partial charge in [0.2, 0.25) is 0 Å². The first-order chi connectivity index (χ1) is 12.8. The molecular weight excluding hydrogens is 312 g/mol. The summed E-state index contributed by atoms with van der Waals surface area (Å²) in [6, 6.07) is 4.86. The normalized spacial score (nSPS) is 11.0. The molecule has 26 heavy (non-hydrogen) atoms. The number of aryl methyl sites for hydroxylation is 2. The van der Waals surface area contributed by atoms with Crippen molar-refractivity contribution in [1.29, 1.82) is 0 Å². The molecule has 0 heteroatoms. The molecule has 148 valence electrons. The van der Waals surface area contributed by atoms with Gasteiger partial charge < -0.3 is 0 Å². The van der Waals surface area contributed by atoms with Gasteiger partial charge in [0.15, 0.2) is 0 Å². The van der Waals surface area contributed by atoms with Crippen molar-refractivity contribution in [3.8, 4) is 0 Å². The molecular formula is C26H44. The summed E-state index contributed by atoms with van der Waals surface area (Å²) in [5.74, 6) is 0. The van der Waals surface area contributed by atoms with Gasteiger partial charge in [-0.3, -0.25) is 0 Å². The van der Waals surface area contributed by atoms with Crippen LogP contribution in [-0.2, 0) is 19.3 Å². The summed E-state index contributed by atoms with van der Waals surface area (Å²) >= 11 is 0. The largest absolute Gasteiger partial charge is 0.0984 e. The van der Waals surface area contributed by atoms with Crippen LogP contribution in [0, 0.1) is 0 Å². The van der Waals surface area contributed by atoms with E-state index in [4.69, 9.17) is 0 Å². The fourth-order valence-electron chi connectivity index (χ4n) is 3.97. The molecule has 0 N–H and O–H groups in total. The van der Waals surface area contributed by atoms with Crippen LogP contribution >= 0.6 is 0 Å². The Morgan fingerprint density at radius 1 is 0.615 bits per heavy atom. The van der Waals surface area contributed by atoms with Crippen LogP contribution in [-0.4, -0.2) is 0 Å². The molecule has 1 aromatic rings. The van der Waals surface area contributed by atoms with Crippen molar-refractivity contribution in [2.75, 3.05) is 0 Å². The van der Waals surface area contributed by atoms with Gasteiger partial charge in [0, 0.05) is 0 Å². The van der Waals surface area contributed by atoms with E-state index < -0.39 is 0 Å². The zero-order valence-electron chi connectivity index (χ0n) is 18.0. The van der Waals surface area contributed by atoms with E-state index in [1.807, 2.05) is 0 Å². The van der Waals surface area contributed by atoms with E-state index in [9.17, 15) is 0 Å². The average Bonchev–Trinajstić information content (AvgIpc) is 2.66. The smallest absolute Gasteiger partial charge is 0.0196 e. The Balaban J connectivity index is 2.87. The van der Waals surface area contributed by atoms with Gasteiger partial charge in [-0.2, -0.15) is 0 Å². The molecule has 0 aliphatic rings. The topological polar surface area (TPSA) is 0 Å². The highest BCUT2D eigenvalue weighted by atomic mass is 14.2. The van der Waals surface area contributed by atoms with Crippen LogP contribution in [0.2, 0.25) is 0 Å². The average molecular weight is 357 g/mol. The highest BCUT2D eigenvalue weighted by Crippen LogP contribution is 2.26. The van der Waals surface area contributed by atoms with Crippen LogP contribution in [0.3, 0.4) is 0 Å². The number of rotatable bonds is 16. The van der Waals surface area contributed by atoms with Crippen molar-refractivity contribution in [1.82, 2.24) is 0 Å². The van der Waals surface area contributed by atoms with Crippen molar-refractivity contribution in [2.45, 2.75) is 117 Å². The molecule has 0 spiro atoms. The molecule has 1 rings (SSSR count). The van der Waals surface area contributed by atoms with Crippen LogP contribution in [0.5, 0.6) is 0 Å². The maximum absolute atomic E-state index is 4.19. The highest BCUT2D eigenvalue weighted by molar-refractivity contribution is 5.59. The van der Waals surface area contributed by atoms with E-state index in [0.29, 0.717) is 0 Å². The minimum Gasteiger partial charge on any atom is -0.0984 e. The molecule has 0 aromatic heterocycles. The first-order valence-corrected chi connectivity index (χ1v) is 11.5. The van der Waals surface area contributed by atoms with E-state index in [2.05, 4.69) is 45.6 Å². The van der Waals surface area contributed by atoms with Crippen molar-refractivity contribution in [2.24, 2.45) is 0 Å². The Bertz CT molecular complexity index is 483. The summed E-state index contributed by atoms with van der Waals surface area (Å²) in [6.07, 6.45) is 22.0. The maximum Gasteiger partial charge on any atom is -0.0196 e. The van der Waals surface area contributed by atoms with E-state index in [0.717, 1.165) is 0 Å². The molecule has 0 atom stereocenters. The minimum atomic E-state index is 1.22. The van der Waals surface area contributed by atoms with Crippen LogP contribution in [0.25, 0.3) is 6.08 Å². The number of benzene rings is 1. The van der Waals surface area contributed by atoms with Gasteiger partial charge in [-0.05, 0) is 60.8 Å². The highest BCUT2D eigenvalue weighted by Gasteiger charge is 2.11. The van der Waals surface area contributed by atoms with Gasteiger partial charge >= 0.3 is 0 Å². The Kier molecular flexibility index (Phi) is 13.3. The molecule has 0 nitrogen and oxygen atoms in total. The molecule has 0 fully saturated rings. The standard InChI is InChI=1S/C26H44/c1-5-9-12-15-18-23-21-22-24(19-16-13-10-6-2)26(25(23)8-4)20-17-14-11-7-3/h8,21-22H,4-7,9-20H2,1-3H3. The summed E-state index contributed by atoms with van der Waals surface area (Å²) in [6.45, 7) is 11.1. The number of hydrogen-bond acceptors (Lipinski definition) is 0. The van der Waals surface area contributed by atoms with Crippen LogP contribution in [0.4, 0.5) is 0 Å². The Morgan fingerprint density at radius 3 is 1.58 bits per heavy atom. The van der Waals surface area contributed by atoms with E-state index >= 15 is 0 Å². The first kappa shape index (κ1) is 23.0. The Hall–Kier alpha value is -1.04. The summed E-state index contributed by atoms with van der Waals surface area (Å²) in [7, 11) is 0. The minimum absolute atomic E-state index is 1.22. The fraction of sp³-hybridized carbons (Fsp3) is 0.692. The second-order valence-electron chi connectivity index (χ2n) is 7.91. The molecule has 0 unspecified atom stereocenters. The Morgan fingerprint density at radius 2 is 1.08 bits per heavy atom. The second kappa shape index (κ2) is 15.1. The number of unbranched alkanes of at least 4 members (excludes halogenated alkanes) is 9. The second-order valence-corrected chi connectivity index (χ2v) is 7.91. The summed E-state index contributed by atoms with van der Waals surface area (Å²) < 4.78 is 0. The maximum atomic E-state index is 4.19. The zero-order valence-corrected chi connectivity index (χ0v) is 18.0. The summed E-state index contributed by atoms with van der Waals surface area (Å²) in [5, 5.41) is 0. The molecule has 1 aromatic carbocycles. The lowest BCUT2D eigenvalue weighted by Crippen LogP contribution is -2.03. The fourth-order valence-corrected chi connectivity index (χ4v) is 3.97. The lowest BCUT2D eigenvalue weighted by atomic mass is 9.88. The molecule has 0 bridgehead atoms. The molecule has 0 saturated heterocycles. The third kappa shape index (κ3) is 8.56. The SMILES string of the molecule is C=Cc1c(CCCCCC)ccc(CCCCCC)c1CCCCCC. The summed E-state index contributed by atoms with van der Waals surface area (Å²) in [5.41, 5.74) is 6.25. The molecule has 0 saturated carbocycles. The predicted octanol–water partition coefficient (Wildman–Crippen LogP) is 8.70. The van der Waals surface area contributed by atoms with Gasteiger partial charge in [0.25, 0.3) is 0 Å². The van der Waals surface area contributed by atoms with E-state index in [1.54, 1.807) is 16.7 Å². The van der Waals surface area contributed by atoms with Gasteiger partial charge in [-0.1, -0.05) is 103 Å². The Labute approximate surface area is 164 Å². The zero-order chi connectivity index (χ0) is 19.0. The molecule has 0 radical (unpaired) electrons. The third-order valence-corrected chi connectivity index (χ3v) is 5.63. The quantitative estimate of drug-likeness (QED) is 0.260. The third-order valence-electron chi connectivity index (χ3n) is 5.63. The van der Waals surface area contributed by atoms with E-state index in [1.165, 1.54) is 102 Å². The lowest BCUT2D eigenvalue weighted by molar-refractivity contribution is 0.647. The lowest BCUT2D eigenvalue weighted by Gasteiger charge is -2.17. The molecule has 0 amide bonds. The van der Waals surface area contributed by atoms with Gasteiger partial charge in [-0.15, -0.1) is 0 Å². The van der Waals surface area contributed by atoms with Crippen molar-refractivity contribution < 1.29 is 0 Å². The van der Waals surface area contributed by atoms with Crippen LogP contribution < -0.4 is 0 Å². The molecule has 0 aliphatic heterocycles. The van der Waals surface area contributed by atoms with Crippen molar-refractivity contribution >= 4 is 6.08 Å². The molecule has 0 heterocycles. The monoisotopic (exact) mass is 356 g/mol.